The Morgan fingerprint density at radius 3 is 2.71 bits per heavy atom. The molecule has 2 rings (SSSR count). The Balaban J connectivity index is 1.98. The number of carbonyl (C=O) groups excluding carboxylic acids is 1. The molecule has 0 bridgehead atoms. The van der Waals surface area contributed by atoms with E-state index in [0.717, 1.165) is 10.0 Å². The summed E-state index contributed by atoms with van der Waals surface area (Å²) in [6.45, 7) is 0. The molecular weight excluding hydrogens is 280 g/mol. The van der Waals surface area contributed by atoms with Crippen LogP contribution in [0.25, 0.3) is 0 Å². The minimum atomic E-state index is -0.0678. The van der Waals surface area contributed by atoms with E-state index in [1.54, 1.807) is 12.3 Å². The molecule has 0 fully saturated rings. The molecule has 17 heavy (non-hydrogen) atoms. The van der Waals surface area contributed by atoms with Gasteiger partial charge in [-0.15, -0.1) is 0 Å². The summed E-state index contributed by atoms with van der Waals surface area (Å²) in [6.07, 6.45) is 2.00. The van der Waals surface area contributed by atoms with Gasteiger partial charge in [0.2, 0.25) is 5.91 Å². The summed E-state index contributed by atoms with van der Waals surface area (Å²) in [4.78, 5) is 15.8. The van der Waals surface area contributed by atoms with Crippen LogP contribution in [-0.2, 0) is 11.2 Å². The first-order valence-corrected chi connectivity index (χ1v) is 5.99. The number of hydrogen-bond acceptors (Lipinski definition) is 2. The van der Waals surface area contributed by atoms with E-state index in [0.29, 0.717) is 12.2 Å². The highest BCUT2D eigenvalue weighted by Crippen LogP contribution is 2.13. The van der Waals surface area contributed by atoms with Crippen LogP contribution in [0.1, 0.15) is 5.56 Å². The monoisotopic (exact) mass is 290 g/mol. The van der Waals surface area contributed by atoms with Crippen molar-refractivity contribution in [2.45, 2.75) is 6.42 Å². The molecule has 1 amide bonds. The third kappa shape index (κ3) is 3.67. The normalized spacial score (nSPS) is 9.94. The summed E-state index contributed by atoms with van der Waals surface area (Å²) in [5, 5.41) is 2.75. The SMILES string of the molecule is O=C(Cc1ccccc1)Nc1cc(Br)ccn1. The number of anilines is 1. The molecule has 1 N–H and O–H groups in total. The van der Waals surface area contributed by atoms with Gasteiger partial charge in [-0.05, 0) is 17.7 Å². The maximum Gasteiger partial charge on any atom is 0.229 e. The zero-order chi connectivity index (χ0) is 12.1. The second-order valence-corrected chi connectivity index (χ2v) is 4.49. The minimum absolute atomic E-state index is 0.0678. The summed E-state index contributed by atoms with van der Waals surface area (Å²) in [7, 11) is 0. The summed E-state index contributed by atoms with van der Waals surface area (Å²) in [5.74, 6) is 0.488. The van der Waals surface area contributed by atoms with E-state index in [-0.39, 0.29) is 5.91 Å². The number of aromatic nitrogens is 1. The first-order chi connectivity index (χ1) is 8.24. The van der Waals surface area contributed by atoms with Crippen molar-refractivity contribution in [2.75, 3.05) is 5.32 Å². The lowest BCUT2D eigenvalue weighted by Crippen LogP contribution is -2.15. The Morgan fingerprint density at radius 1 is 1.24 bits per heavy atom. The van der Waals surface area contributed by atoms with Crippen LogP contribution in [0.15, 0.2) is 53.1 Å². The van der Waals surface area contributed by atoms with Crippen molar-refractivity contribution < 1.29 is 4.79 Å². The van der Waals surface area contributed by atoms with Gasteiger partial charge in [-0.2, -0.15) is 0 Å². The lowest BCUT2D eigenvalue weighted by Gasteiger charge is -2.04. The van der Waals surface area contributed by atoms with Crippen LogP contribution in [0, 0.1) is 0 Å². The topological polar surface area (TPSA) is 42.0 Å². The number of amides is 1. The minimum Gasteiger partial charge on any atom is -0.310 e. The Kier molecular flexibility index (Phi) is 3.88. The molecular formula is C13H11BrN2O. The number of rotatable bonds is 3. The van der Waals surface area contributed by atoms with Crippen molar-refractivity contribution in [2.24, 2.45) is 0 Å². The molecule has 2 aromatic rings. The maximum atomic E-state index is 11.7. The number of nitrogens with zero attached hydrogens (tertiary/aromatic N) is 1. The molecule has 4 heteroatoms. The number of carbonyl (C=O) groups is 1. The van der Waals surface area contributed by atoms with E-state index in [9.17, 15) is 4.79 Å². The van der Waals surface area contributed by atoms with Crippen LogP contribution in [0.2, 0.25) is 0 Å². The first kappa shape index (κ1) is 11.8. The number of halogens is 1. The van der Waals surface area contributed by atoms with E-state index in [1.165, 1.54) is 0 Å². The summed E-state index contributed by atoms with van der Waals surface area (Å²) in [6, 6.07) is 13.2. The molecule has 0 aliphatic carbocycles. The predicted octanol–water partition coefficient (Wildman–Crippen LogP) is 3.03. The van der Waals surface area contributed by atoms with Crippen molar-refractivity contribution >= 4 is 27.7 Å². The molecule has 0 aliphatic rings. The number of hydrogen-bond donors (Lipinski definition) is 1. The Bertz CT molecular complexity index is 514. The second kappa shape index (κ2) is 5.59. The maximum absolute atomic E-state index is 11.7. The summed E-state index contributed by atoms with van der Waals surface area (Å²) in [5.41, 5.74) is 0.986. The predicted molar refractivity (Wildman–Crippen MR) is 70.7 cm³/mol. The number of nitrogens with one attached hydrogen (secondary N) is 1. The Labute approximate surface area is 108 Å². The molecule has 86 valence electrons. The van der Waals surface area contributed by atoms with Crippen molar-refractivity contribution in [3.63, 3.8) is 0 Å². The third-order valence-corrected chi connectivity index (χ3v) is 2.69. The standard InChI is InChI=1S/C13H11BrN2O/c14-11-6-7-15-12(9-11)16-13(17)8-10-4-2-1-3-5-10/h1-7,9H,8H2,(H,15,16,17). The van der Waals surface area contributed by atoms with Gasteiger partial charge in [0.25, 0.3) is 0 Å². The van der Waals surface area contributed by atoms with Gasteiger partial charge in [0, 0.05) is 10.7 Å². The molecule has 0 saturated heterocycles. The van der Waals surface area contributed by atoms with Crippen LogP contribution < -0.4 is 5.32 Å². The van der Waals surface area contributed by atoms with Gasteiger partial charge in [0.05, 0.1) is 6.42 Å². The van der Waals surface area contributed by atoms with Crippen LogP contribution in [0.3, 0.4) is 0 Å². The molecule has 0 unspecified atom stereocenters. The molecule has 3 nitrogen and oxygen atoms in total. The molecule has 0 aliphatic heterocycles. The molecule has 0 radical (unpaired) electrons. The fraction of sp³-hybridized carbons (Fsp3) is 0.0769. The fourth-order valence-electron chi connectivity index (χ4n) is 1.44. The zero-order valence-electron chi connectivity index (χ0n) is 9.06. The third-order valence-electron chi connectivity index (χ3n) is 2.20. The smallest absolute Gasteiger partial charge is 0.229 e. The highest BCUT2D eigenvalue weighted by Gasteiger charge is 2.04. The van der Waals surface area contributed by atoms with Crippen molar-refractivity contribution in [1.29, 1.82) is 0 Å². The molecule has 0 saturated carbocycles. The zero-order valence-corrected chi connectivity index (χ0v) is 10.6. The van der Waals surface area contributed by atoms with E-state index in [1.807, 2.05) is 36.4 Å². The molecule has 0 atom stereocenters. The average molecular weight is 291 g/mol. The van der Waals surface area contributed by atoms with Gasteiger partial charge in [-0.3, -0.25) is 4.79 Å². The van der Waals surface area contributed by atoms with Gasteiger partial charge >= 0.3 is 0 Å². The highest BCUT2D eigenvalue weighted by atomic mass is 79.9. The number of benzene rings is 1. The summed E-state index contributed by atoms with van der Waals surface area (Å²) >= 11 is 3.33. The van der Waals surface area contributed by atoms with Crippen molar-refractivity contribution in [1.82, 2.24) is 4.98 Å². The second-order valence-electron chi connectivity index (χ2n) is 3.57. The van der Waals surface area contributed by atoms with Crippen LogP contribution in [0.4, 0.5) is 5.82 Å². The fourth-order valence-corrected chi connectivity index (χ4v) is 1.78. The van der Waals surface area contributed by atoms with E-state index < -0.39 is 0 Å². The van der Waals surface area contributed by atoms with Gasteiger partial charge < -0.3 is 5.32 Å². The first-order valence-electron chi connectivity index (χ1n) is 5.19. The summed E-state index contributed by atoms with van der Waals surface area (Å²) < 4.78 is 0.891. The van der Waals surface area contributed by atoms with Gasteiger partial charge in [0.1, 0.15) is 5.82 Å². The van der Waals surface area contributed by atoms with E-state index in [2.05, 4.69) is 26.2 Å². The van der Waals surface area contributed by atoms with Gasteiger partial charge in [-0.1, -0.05) is 46.3 Å². The van der Waals surface area contributed by atoms with Crippen molar-refractivity contribution in [3.8, 4) is 0 Å². The Hall–Kier alpha value is -1.68. The van der Waals surface area contributed by atoms with E-state index >= 15 is 0 Å². The lowest BCUT2D eigenvalue weighted by atomic mass is 10.1. The molecule has 0 spiro atoms. The van der Waals surface area contributed by atoms with Gasteiger partial charge in [-0.25, -0.2) is 4.98 Å². The molecule has 1 heterocycles. The molecule has 1 aromatic carbocycles. The van der Waals surface area contributed by atoms with Crippen molar-refractivity contribution in [3.05, 3.63) is 58.7 Å². The van der Waals surface area contributed by atoms with Crippen LogP contribution >= 0.6 is 15.9 Å². The quantitative estimate of drug-likeness (QED) is 0.944. The Morgan fingerprint density at radius 2 is 2.00 bits per heavy atom. The largest absolute Gasteiger partial charge is 0.310 e. The number of pyridine rings is 1. The molecule has 1 aromatic heterocycles. The highest BCUT2D eigenvalue weighted by molar-refractivity contribution is 9.10. The lowest BCUT2D eigenvalue weighted by molar-refractivity contribution is -0.115. The van der Waals surface area contributed by atoms with Crippen LogP contribution in [0.5, 0.6) is 0 Å². The van der Waals surface area contributed by atoms with Crippen LogP contribution in [-0.4, -0.2) is 10.9 Å². The van der Waals surface area contributed by atoms with E-state index in [4.69, 9.17) is 0 Å². The average Bonchev–Trinajstić information content (AvgIpc) is 2.30. The van der Waals surface area contributed by atoms with Gasteiger partial charge in [0.15, 0.2) is 0 Å².